The second-order valence-electron chi connectivity index (χ2n) is 5.20. The summed E-state index contributed by atoms with van der Waals surface area (Å²) in [6.07, 6.45) is 5.28. The summed E-state index contributed by atoms with van der Waals surface area (Å²) in [5.41, 5.74) is 2.44. The lowest BCUT2D eigenvalue weighted by Crippen LogP contribution is -2.18. The molecule has 19 heavy (non-hydrogen) atoms. The zero-order valence-electron chi connectivity index (χ0n) is 12.2. The van der Waals surface area contributed by atoms with Crippen LogP contribution in [0.1, 0.15) is 18.9 Å². The average molecular weight is 260 g/mol. The van der Waals surface area contributed by atoms with Crippen molar-refractivity contribution in [2.75, 3.05) is 27.2 Å². The van der Waals surface area contributed by atoms with E-state index in [9.17, 15) is 0 Å². The lowest BCUT2D eigenvalue weighted by molar-refractivity contribution is 0.386. The largest absolute Gasteiger partial charge is 0.331 e. The molecule has 0 fully saturated rings. The highest BCUT2D eigenvalue weighted by molar-refractivity contribution is 5.80. The van der Waals surface area contributed by atoms with Crippen LogP contribution in [0.3, 0.4) is 0 Å². The minimum absolute atomic E-state index is 0.922. The number of pyridine rings is 1. The van der Waals surface area contributed by atoms with Crippen LogP contribution in [0, 0.1) is 0 Å². The minimum atomic E-state index is 0.922. The number of rotatable bonds is 7. The Morgan fingerprint density at radius 2 is 2.21 bits per heavy atom. The molecule has 0 saturated carbocycles. The number of fused-ring (bicyclic) bond motifs is 1. The summed E-state index contributed by atoms with van der Waals surface area (Å²) in [7, 11) is 4.20. The van der Waals surface area contributed by atoms with Crippen LogP contribution in [0.25, 0.3) is 11.0 Å². The predicted molar refractivity (Wildman–Crippen MR) is 80.3 cm³/mol. The summed E-state index contributed by atoms with van der Waals surface area (Å²) in [5, 5.41) is 4.74. The van der Waals surface area contributed by atoms with Gasteiger partial charge in [0.2, 0.25) is 0 Å². The molecule has 0 atom stereocenters. The van der Waals surface area contributed by atoms with Crippen molar-refractivity contribution in [1.82, 2.24) is 19.8 Å². The van der Waals surface area contributed by atoms with Crippen LogP contribution in [0.4, 0.5) is 0 Å². The van der Waals surface area contributed by atoms with Crippen molar-refractivity contribution >= 4 is 11.0 Å². The Kier molecular flexibility index (Phi) is 4.93. The van der Waals surface area contributed by atoms with E-state index in [2.05, 4.69) is 53.1 Å². The Balaban J connectivity index is 2.21. The van der Waals surface area contributed by atoms with Gasteiger partial charge in [0.15, 0.2) is 0 Å². The molecule has 0 bridgehead atoms. The first-order valence-electron chi connectivity index (χ1n) is 7.00. The average Bonchev–Trinajstić information content (AvgIpc) is 2.76. The number of hydrogen-bond donors (Lipinski definition) is 1. The van der Waals surface area contributed by atoms with Gasteiger partial charge < -0.3 is 14.8 Å². The second-order valence-corrected chi connectivity index (χ2v) is 5.20. The zero-order chi connectivity index (χ0) is 13.7. The standard InChI is InChI=1S/C15H24N4/c1-4-7-16-11-13-12-19(10-9-18(2)3)15-14(13)6-5-8-17-15/h5-6,8,12,16H,4,7,9-11H2,1-3H3. The van der Waals surface area contributed by atoms with Crippen molar-refractivity contribution in [3.05, 3.63) is 30.1 Å². The van der Waals surface area contributed by atoms with Gasteiger partial charge in [0.1, 0.15) is 5.65 Å². The fraction of sp³-hybridized carbons (Fsp3) is 0.533. The van der Waals surface area contributed by atoms with Crippen LogP contribution in [0.15, 0.2) is 24.5 Å². The summed E-state index contributed by atoms with van der Waals surface area (Å²) in [4.78, 5) is 6.72. The Morgan fingerprint density at radius 1 is 1.37 bits per heavy atom. The third-order valence-electron chi connectivity index (χ3n) is 3.25. The molecule has 2 rings (SSSR count). The summed E-state index contributed by atoms with van der Waals surface area (Å²) < 4.78 is 2.26. The number of nitrogens with zero attached hydrogens (tertiary/aromatic N) is 3. The Bertz CT molecular complexity index is 516. The van der Waals surface area contributed by atoms with Crippen molar-refractivity contribution in [3.8, 4) is 0 Å². The third kappa shape index (κ3) is 3.55. The fourth-order valence-electron chi connectivity index (χ4n) is 2.21. The van der Waals surface area contributed by atoms with Gasteiger partial charge in [0.25, 0.3) is 0 Å². The Hall–Kier alpha value is -1.39. The molecule has 0 aliphatic carbocycles. The van der Waals surface area contributed by atoms with Gasteiger partial charge in [-0.05, 0) is 44.8 Å². The number of nitrogens with one attached hydrogen (secondary N) is 1. The zero-order valence-corrected chi connectivity index (χ0v) is 12.2. The van der Waals surface area contributed by atoms with E-state index in [1.807, 2.05) is 12.3 Å². The highest BCUT2D eigenvalue weighted by atomic mass is 15.1. The molecule has 2 aromatic rings. The summed E-state index contributed by atoms with van der Waals surface area (Å²) in [6, 6.07) is 4.18. The van der Waals surface area contributed by atoms with Crippen LogP contribution in [-0.2, 0) is 13.1 Å². The summed E-state index contributed by atoms with van der Waals surface area (Å²) in [5.74, 6) is 0. The molecule has 1 N–H and O–H groups in total. The predicted octanol–water partition coefficient (Wildman–Crippen LogP) is 2.10. The van der Waals surface area contributed by atoms with Gasteiger partial charge in [-0.25, -0.2) is 4.98 Å². The van der Waals surface area contributed by atoms with E-state index < -0.39 is 0 Å². The maximum Gasteiger partial charge on any atom is 0.140 e. The van der Waals surface area contributed by atoms with Gasteiger partial charge in [-0.1, -0.05) is 6.92 Å². The van der Waals surface area contributed by atoms with Gasteiger partial charge >= 0.3 is 0 Å². The first kappa shape index (κ1) is 14.0. The molecule has 4 nitrogen and oxygen atoms in total. The quantitative estimate of drug-likeness (QED) is 0.774. The molecular weight excluding hydrogens is 236 g/mol. The lowest BCUT2D eigenvalue weighted by Gasteiger charge is -2.10. The highest BCUT2D eigenvalue weighted by Crippen LogP contribution is 2.19. The second kappa shape index (κ2) is 6.68. The lowest BCUT2D eigenvalue weighted by atomic mass is 10.2. The third-order valence-corrected chi connectivity index (χ3v) is 3.25. The van der Waals surface area contributed by atoms with Gasteiger partial charge in [0.05, 0.1) is 0 Å². The molecule has 2 aromatic heterocycles. The minimum Gasteiger partial charge on any atom is -0.331 e. The van der Waals surface area contributed by atoms with E-state index in [-0.39, 0.29) is 0 Å². The molecule has 0 saturated heterocycles. The molecule has 0 amide bonds. The molecule has 104 valence electrons. The van der Waals surface area contributed by atoms with Crippen molar-refractivity contribution in [3.63, 3.8) is 0 Å². The van der Waals surface area contributed by atoms with Crippen LogP contribution >= 0.6 is 0 Å². The fourth-order valence-corrected chi connectivity index (χ4v) is 2.21. The van der Waals surface area contributed by atoms with Crippen molar-refractivity contribution in [1.29, 1.82) is 0 Å². The van der Waals surface area contributed by atoms with Crippen LogP contribution in [0.5, 0.6) is 0 Å². The summed E-state index contributed by atoms with van der Waals surface area (Å²) in [6.45, 7) is 6.18. The van der Waals surface area contributed by atoms with Crippen molar-refractivity contribution in [2.45, 2.75) is 26.4 Å². The molecule has 4 heteroatoms. The first-order valence-corrected chi connectivity index (χ1v) is 7.00. The molecule has 2 heterocycles. The molecule has 0 aromatic carbocycles. The van der Waals surface area contributed by atoms with E-state index in [0.29, 0.717) is 0 Å². The van der Waals surface area contributed by atoms with E-state index in [1.54, 1.807) is 0 Å². The number of likely N-dealkylation sites (N-methyl/N-ethyl adjacent to an activating group) is 1. The molecule has 0 unspecified atom stereocenters. The maximum atomic E-state index is 4.52. The van der Waals surface area contributed by atoms with Crippen LogP contribution in [0.2, 0.25) is 0 Å². The van der Waals surface area contributed by atoms with E-state index in [1.165, 1.54) is 10.9 Å². The maximum absolute atomic E-state index is 4.52. The molecule has 0 aliphatic rings. The molecule has 0 aliphatic heterocycles. The van der Waals surface area contributed by atoms with Crippen LogP contribution < -0.4 is 5.32 Å². The van der Waals surface area contributed by atoms with Gasteiger partial charge in [-0.2, -0.15) is 0 Å². The van der Waals surface area contributed by atoms with E-state index in [0.717, 1.165) is 38.2 Å². The van der Waals surface area contributed by atoms with Gasteiger partial charge in [-0.15, -0.1) is 0 Å². The molecule has 0 spiro atoms. The summed E-state index contributed by atoms with van der Waals surface area (Å²) >= 11 is 0. The van der Waals surface area contributed by atoms with Crippen LogP contribution in [-0.4, -0.2) is 41.6 Å². The topological polar surface area (TPSA) is 33.1 Å². The SMILES string of the molecule is CCCNCc1cn(CCN(C)C)c2ncccc12. The van der Waals surface area contributed by atoms with Crippen molar-refractivity contribution < 1.29 is 0 Å². The monoisotopic (exact) mass is 260 g/mol. The van der Waals surface area contributed by atoms with E-state index in [4.69, 9.17) is 0 Å². The molecular formula is C15H24N4. The van der Waals surface area contributed by atoms with Gasteiger partial charge in [-0.3, -0.25) is 0 Å². The Morgan fingerprint density at radius 3 is 2.95 bits per heavy atom. The molecule has 0 radical (unpaired) electrons. The van der Waals surface area contributed by atoms with Crippen molar-refractivity contribution in [2.24, 2.45) is 0 Å². The highest BCUT2D eigenvalue weighted by Gasteiger charge is 2.08. The Labute approximate surface area is 115 Å². The van der Waals surface area contributed by atoms with Gasteiger partial charge in [0, 0.05) is 37.4 Å². The first-order chi connectivity index (χ1) is 9.22. The number of aromatic nitrogens is 2. The number of hydrogen-bond acceptors (Lipinski definition) is 3. The van der Waals surface area contributed by atoms with E-state index >= 15 is 0 Å². The smallest absolute Gasteiger partial charge is 0.140 e. The normalized spacial score (nSPS) is 11.6.